The molecule has 0 saturated carbocycles. The molecule has 166 valence electrons. The monoisotopic (exact) mass is 392 g/mol. The van der Waals surface area contributed by atoms with Crippen molar-refractivity contribution < 1.29 is 0 Å². The Hall–Kier alpha value is -0.660. The van der Waals surface area contributed by atoms with E-state index in [1.54, 1.807) is 0 Å². The Morgan fingerprint density at radius 2 is 0.821 bits per heavy atom. The van der Waals surface area contributed by atoms with E-state index in [2.05, 4.69) is 43.0 Å². The Morgan fingerprint density at radius 3 is 1.32 bits per heavy atom. The molecule has 1 heterocycles. The highest BCUT2D eigenvalue weighted by Gasteiger charge is 2.24. The fourth-order valence-electron chi connectivity index (χ4n) is 4.42. The average Bonchev–Trinajstić information content (AvgIpc) is 3.08. The van der Waals surface area contributed by atoms with Crippen molar-refractivity contribution in [2.75, 3.05) is 13.1 Å². The van der Waals surface area contributed by atoms with Gasteiger partial charge < -0.3 is 9.80 Å². The Labute approximate surface area is 178 Å². The molecule has 2 heteroatoms. The molecule has 0 radical (unpaired) electrons. The van der Waals surface area contributed by atoms with Gasteiger partial charge in [0.2, 0.25) is 0 Å². The molecular formula is C26H52N2. The van der Waals surface area contributed by atoms with E-state index < -0.39 is 0 Å². The van der Waals surface area contributed by atoms with E-state index in [1.807, 2.05) is 0 Å². The average molecular weight is 393 g/mol. The zero-order valence-corrected chi connectivity index (χ0v) is 19.8. The molecule has 2 nitrogen and oxygen atoms in total. The highest BCUT2D eigenvalue weighted by Crippen LogP contribution is 2.23. The van der Waals surface area contributed by atoms with Crippen LogP contribution < -0.4 is 0 Å². The summed E-state index contributed by atoms with van der Waals surface area (Å²) >= 11 is 0. The molecule has 0 spiro atoms. The van der Waals surface area contributed by atoms with E-state index in [4.69, 9.17) is 0 Å². The van der Waals surface area contributed by atoms with E-state index in [1.165, 1.54) is 129 Å². The molecular weight excluding hydrogens is 340 g/mol. The van der Waals surface area contributed by atoms with E-state index in [9.17, 15) is 0 Å². The van der Waals surface area contributed by atoms with Gasteiger partial charge in [0.25, 0.3) is 0 Å². The molecule has 1 atom stereocenters. The molecule has 0 bridgehead atoms. The van der Waals surface area contributed by atoms with E-state index in [-0.39, 0.29) is 0 Å². The van der Waals surface area contributed by atoms with Gasteiger partial charge in [0.15, 0.2) is 0 Å². The number of unbranched alkanes of at least 4 members (excludes halogenated alkanes) is 14. The Balaban J connectivity index is 2.27. The third kappa shape index (κ3) is 12.0. The van der Waals surface area contributed by atoms with Crippen LogP contribution in [0.5, 0.6) is 0 Å². The second-order valence-corrected chi connectivity index (χ2v) is 8.99. The van der Waals surface area contributed by atoms with Gasteiger partial charge in [0.05, 0.1) is 0 Å². The highest BCUT2D eigenvalue weighted by molar-refractivity contribution is 4.96. The van der Waals surface area contributed by atoms with Gasteiger partial charge in [-0.15, -0.1) is 0 Å². The fourth-order valence-corrected chi connectivity index (χ4v) is 4.42. The lowest BCUT2D eigenvalue weighted by molar-refractivity contribution is 0.135. The van der Waals surface area contributed by atoms with E-state index >= 15 is 0 Å². The van der Waals surface area contributed by atoms with Crippen LogP contribution >= 0.6 is 0 Å². The molecule has 1 aliphatic rings. The molecule has 1 rings (SSSR count). The van der Waals surface area contributed by atoms with Crippen LogP contribution in [0.2, 0.25) is 0 Å². The Kier molecular flexibility index (Phi) is 16.7. The summed E-state index contributed by atoms with van der Waals surface area (Å²) in [6.45, 7) is 9.43. The maximum absolute atomic E-state index is 2.66. The van der Waals surface area contributed by atoms with Gasteiger partial charge in [-0.3, -0.25) is 0 Å². The quantitative estimate of drug-likeness (QED) is 0.192. The predicted octanol–water partition coefficient (Wildman–Crippen LogP) is 8.48. The SMILES string of the molecule is CCCCCCCCCC1N(CCCCC)C=CN1CCCCCCCCC. The van der Waals surface area contributed by atoms with Crippen molar-refractivity contribution in [3.63, 3.8) is 0 Å². The lowest BCUT2D eigenvalue weighted by Gasteiger charge is -2.33. The zero-order chi connectivity index (χ0) is 20.3. The van der Waals surface area contributed by atoms with Crippen molar-refractivity contribution in [3.8, 4) is 0 Å². The standard InChI is InChI=1S/C26H52N2/c1-4-7-10-12-14-16-18-21-26-27(22-19-9-6-3)24-25-28(26)23-20-17-15-13-11-8-5-2/h24-26H,4-23H2,1-3H3. The minimum Gasteiger partial charge on any atom is -0.356 e. The number of nitrogens with zero attached hydrogens (tertiary/aromatic N) is 2. The van der Waals surface area contributed by atoms with Crippen molar-refractivity contribution in [2.45, 2.75) is 143 Å². The molecule has 0 aromatic heterocycles. The summed E-state index contributed by atoms with van der Waals surface area (Å²) in [5.41, 5.74) is 0. The Bertz CT molecular complexity index is 352. The smallest absolute Gasteiger partial charge is 0.101 e. The highest BCUT2D eigenvalue weighted by atomic mass is 15.4. The molecule has 0 amide bonds. The van der Waals surface area contributed by atoms with Gasteiger partial charge in [-0.1, -0.05) is 111 Å². The van der Waals surface area contributed by atoms with Gasteiger partial charge in [0, 0.05) is 25.5 Å². The van der Waals surface area contributed by atoms with Crippen molar-refractivity contribution in [1.29, 1.82) is 0 Å². The first-order valence-corrected chi connectivity index (χ1v) is 13.0. The van der Waals surface area contributed by atoms with Crippen LogP contribution in [0.4, 0.5) is 0 Å². The normalized spacial score (nSPS) is 16.5. The first-order chi connectivity index (χ1) is 13.8. The minimum absolute atomic E-state index is 0.646. The van der Waals surface area contributed by atoms with Crippen LogP contribution in [0.1, 0.15) is 136 Å². The molecule has 0 saturated heterocycles. The van der Waals surface area contributed by atoms with Crippen LogP contribution in [-0.2, 0) is 0 Å². The summed E-state index contributed by atoms with van der Waals surface area (Å²) in [5.74, 6) is 0. The van der Waals surface area contributed by atoms with Gasteiger partial charge in [0.1, 0.15) is 6.17 Å². The van der Waals surface area contributed by atoms with Crippen molar-refractivity contribution in [1.82, 2.24) is 9.80 Å². The van der Waals surface area contributed by atoms with Gasteiger partial charge in [-0.25, -0.2) is 0 Å². The zero-order valence-electron chi connectivity index (χ0n) is 19.8. The largest absolute Gasteiger partial charge is 0.356 e. The topological polar surface area (TPSA) is 6.48 Å². The van der Waals surface area contributed by atoms with Crippen LogP contribution in [0.15, 0.2) is 12.4 Å². The van der Waals surface area contributed by atoms with Crippen molar-refractivity contribution >= 4 is 0 Å². The summed E-state index contributed by atoms with van der Waals surface area (Å²) in [6, 6.07) is 0. The van der Waals surface area contributed by atoms with Crippen LogP contribution in [-0.4, -0.2) is 29.1 Å². The lowest BCUT2D eigenvalue weighted by Crippen LogP contribution is -2.39. The number of rotatable bonds is 20. The maximum atomic E-state index is 2.66. The van der Waals surface area contributed by atoms with Crippen LogP contribution in [0, 0.1) is 0 Å². The predicted molar refractivity (Wildman–Crippen MR) is 126 cm³/mol. The molecule has 0 aliphatic carbocycles. The van der Waals surface area contributed by atoms with Gasteiger partial charge in [-0.2, -0.15) is 0 Å². The first kappa shape index (κ1) is 25.4. The molecule has 1 aliphatic heterocycles. The van der Waals surface area contributed by atoms with Gasteiger partial charge >= 0.3 is 0 Å². The number of hydrogen-bond acceptors (Lipinski definition) is 2. The summed E-state index contributed by atoms with van der Waals surface area (Å²) in [4.78, 5) is 5.31. The maximum Gasteiger partial charge on any atom is 0.101 e. The molecule has 0 fully saturated rings. The third-order valence-corrected chi connectivity index (χ3v) is 6.32. The van der Waals surface area contributed by atoms with Crippen LogP contribution in [0.3, 0.4) is 0 Å². The molecule has 0 aromatic rings. The number of hydrogen-bond donors (Lipinski definition) is 0. The van der Waals surface area contributed by atoms with Gasteiger partial charge in [-0.05, 0) is 25.7 Å². The molecule has 1 unspecified atom stereocenters. The summed E-state index contributed by atoms with van der Waals surface area (Å²) in [5, 5.41) is 0. The van der Waals surface area contributed by atoms with E-state index in [0.717, 1.165) is 0 Å². The fraction of sp³-hybridized carbons (Fsp3) is 0.923. The van der Waals surface area contributed by atoms with Crippen molar-refractivity contribution in [2.24, 2.45) is 0 Å². The first-order valence-electron chi connectivity index (χ1n) is 13.0. The third-order valence-electron chi connectivity index (χ3n) is 6.32. The second kappa shape index (κ2) is 18.4. The van der Waals surface area contributed by atoms with E-state index in [0.29, 0.717) is 6.17 Å². The second-order valence-electron chi connectivity index (χ2n) is 8.99. The molecule has 0 aromatic carbocycles. The molecule has 28 heavy (non-hydrogen) atoms. The molecule has 0 N–H and O–H groups in total. The van der Waals surface area contributed by atoms with Crippen LogP contribution in [0.25, 0.3) is 0 Å². The summed E-state index contributed by atoms with van der Waals surface area (Å²) in [6.07, 6.45) is 30.6. The Morgan fingerprint density at radius 1 is 0.464 bits per heavy atom. The lowest BCUT2D eigenvalue weighted by atomic mass is 10.1. The summed E-state index contributed by atoms with van der Waals surface area (Å²) in [7, 11) is 0. The minimum atomic E-state index is 0.646. The summed E-state index contributed by atoms with van der Waals surface area (Å²) < 4.78 is 0. The van der Waals surface area contributed by atoms with Crippen molar-refractivity contribution in [3.05, 3.63) is 12.4 Å².